The molecule has 21 heavy (non-hydrogen) atoms. The number of unbranched alkanes of at least 4 members (excludes halogenated alkanes) is 1. The SMILES string of the molecule is O=C(O)c1ccc(OCCCCSc2ncccn2)cc1. The first-order valence-electron chi connectivity index (χ1n) is 6.61. The molecule has 5 nitrogen and oxygen atoms in total. The predicted molar refractivity (Wildman–Crippen MR) is 80.9 cm³/mol. The van der Waals surface area contributed by atoms with E-state index in [4.69, 9.17) is 9.84 Å². The molecule has 1 N–H and O–H groups in total. The zero-order valence-corrected chi connectivity index (χ0v) is 12.3. The monoisotopic (exact) mass is 304 g/mol. The number of carboxylic acid groups (broad SMARTS) is 1. The van der Waals surface area contributed by atoms with Gasteiger partial charge in [-0.15, -0.1) is 0 Å². The normalized spacial score (nSPS) is 10.3. The lowest BCUT2D eigenvalue weighted by atomic mass is 10.2. The minimum atomic E-state index is -0.929. The first-order valence-corrected chi connectivity index (χ1v) is 7.60. The summed E-state index contributed by atoms with van der Waals surface area (Å²) in [6, 6.07) is 8.24. The highest BCUT2D eigenvalue weighted by atomic mass is 32.2. The van der Waals surface area contributed by atoms with Crippen LogP contribution < -0.4 is 4.74 Å². The van der Waals surface area contributed by atoms with Crippen molar-refractivity contribution in [3.8, 4) is 5.75 Å². The van der Waals surface area contributed by atoms with E-state index in [2.05, 4.69) is 9.97 Å². The Bertz CT molecular complexity index is 561. The highest BCUT2D eigenvalue weighted by Crippen LogP contribution is 2.15. The molecule has 0 radical (unpaired) electrons. The summed E-state index contributed by atoms with van der Waals surface area (Å²) in [6.07, 6.45) is 5.41. The maximum atomic E-state index is 10.7. The standard InChI is InChI=1S/C15H16N2O3S/c18-14(19)12-4-6-13(7-5-12)20-10-1-2-11-21-15-16-8-3-9-17-15/h3-9H,1-2,10-11H2,(H,18,19). The molecule has 0 saturated heterocycles. The van der Waals surface area contributed by atoms with Crippen LogP contribution in [0, 0.1) is 0 Å². The molecule has 0 atom stereocenters. The fraction of sp³-hybridized carbons (Fsp3) is 0.267. The summed E-state index contributed by atoms with van der Waals surface area (Å²) >= 11 is 1.63. The second-order valence-corrected chi connectivity index (χ2v) is 5.33. The van der Waals surface area contributed by atoms with Crippen LogP contribution in [0.1, 0.15) is 23.2 Å². The third kappa shape index (κ3) is 5.43. The zero-order chi connectivity index (χ0) is 14.9. The molecule has 6 heteroatoms. The summed E-state index contributed by atoms with van der Waals surface area (Å²) in [5.41, 5.74) is 0.265. The van der Waals surface area contributed by atoms with Gasteiger partial charge >= 0.3 is 5.97 Å². The molecule has 1 aromatic carbocycles. The molecule has 0 spiro atoms. The highest BCUT2D eigenvalue weighted by molar-refractivity contribution is 7.99. The number of carbonyl (C=O) groups is 1. The van der Waals surface area contributed by atoms with Gasteiger partial charge in [0.1, 0.15) is 5.75 Å². The smallest absolute Gasteiger partial charge is 0.335 e. The van der Waals surface area contributed by atoms with Crippen LogP contribution in [-0.4, -0.2) is 33.4 Å². The van der Waals surface area contributed by atoms with Crippen molar-refractivity contribution >= 4 is 17.7 Å². The summed E-state index contributed by atoms with van der Waals surface area (Å²) in [5.74, 6) is 0.714. The lowest BCUT2D eigenvalue weighted by Gasteiger charge is -2.06. The molecule has 2 aromatic rings. The minimum absolute atomic E-state index is 0.265. The molecular formula is C15H16N2O3S. The number of thioether (sulfide) groups is 1. The van der Waals surface area contributed by atoms with E-state index >= 15 is 0 Å². The zero-order valence-electron chi connectivity index (χ0n) is 11.4. The minimum Gasteiger partial charge on any atom is -0.494 e. The van der Waals surface area contributed by atoms with Crippen molar-refractivity contribution in [3.63, 3.8) is 0 Å². The lowest BCUT2D eigenvalue weighted by Crippen LogP contribution is -1.99. The van der Waals surface area contributed by atoms with Gasteiger partial charge in [0, 0.05) is 18.1 Å². The van der Waals surface area contributed by atoms with Gasteiger partial charge in [-0.25, -0.2) is 14.8 Å². The summed E-state index contributed by atoms with van der Waals surface area (Å²) in [4.78, 5) is 19.0. The molecule has 0 bridgehead atoms. The van der Waals surface area contributed by atoms with Crippen molar-refractivity contribution in [2.24, 2.45) is 0 Å². The molecule has 0 amide bonds. The number of carboxylic acids is 1. The first-order chi connectivity index (χ1) is 10.3. The Labute approximate surface area is 127 Å². The largest absolute Gasteiger partial charge is 0.494 e. The average Bonchev–Trinajstić information content (AvgIpc) is 2.52. The van der Waals surface area contributed by atoms with Gasteiger partial charge in [0.15, 0.2) is 5.16 Å². The molecule has 2 rings (SSSR count). The van der Waals surface area contributed by atoms with E-state index in [-0.39, 0.29) is 5.56 Å². The average molecular weight is 304 g/mol. The second kappa shape index (κ2) is 8.26. The van der Waals surface area contributed by atoms with Crippen LogP contribution in [0.25, 0.3) is 0 Å². The molecule has 1 aromatic heterocycles. The fourth-order valence-electron chi connectivity index (χ4n) is 1.61. The number of aromatic carboxylic acids is 1. The van der Waals surface area contributed by atoms with Gasteiger partial charge < -0.3 is 9.84 Å². The van der Waals surface area contributed by atoms with Crippen LogP contribution in [-0.2, 0) is 0 Å². The summed E-state index contributed by atoms with van der Waals surface area (Å²) < 4.78 is 5.56. The fourth-order valence-corrected chi connectivity index (χ4v) is 2.41. The number of aromatic nitrogens is 2. The first kappa shape index (κ1) is 15.3. The summed E-state index contributed by atoms with van der Waals surface area (Å²) in [6.45, 7) is 0.614. The molecule has 0 aliphatic heterocycles. The topological polar surface area (TPSA) is 72.3 Å². The Morgan fingerprint density at radius 3 is 2.52 bits per heavy atom. The maximum absolute atomic E-state index is 10.7. The molecule has 0 saturated carbocycles. The summed E-state index contributed by atoms with van der Waals surface area (Å²) in [7, 11) is 0. The third-order valence-electron chi connectivity index (χ3n) is 2.68. The van der Waals surface area contributed by atoms with Crippen LogP contribution in [0.4, 0.5) is 0 Å². The molecule has 0 fully saturated rings. The van der Waals surface area contributed by atoms with Gasteiger partial charge in [-0.1, -0.05) is 11.8 Å². The molecule has 110 valence electrons. The van der Waals surface area contributed by atoms with Crippen LogP contribution in [0.15, 0.2) is 47.9 Å². The Morgan fingerprint density at radius 2 is 1.86 bits per heavy atom. The number of nitrogens with zero attached hydrogens (tertiary/aromatic N) is 2. The Morgan fingerprint density at radius 1 is 1.14 bits per heavy atom. The Kier molecular flexibility index (Phi) is 6.02. The van der Waals surface area contributed by atoms with Gasteiger partial charge in [0.2, 0.25) is 0 Å². The van der Waals surface area contributed by atoms with E-state index in [0.29, 0.717) is 12.4 Å². The van der Waals surface area contributed by atoms with Crippen LogP contribution in [0.3, 0.4) is 0 Å². The highest BCUT2D eigenvalue weighted by Gasteiger charge is 2.02. The number of hydrogen-bond donors (Lipinski definition) is 1. The van der Waals surface area contributed by atoms with Crippen molar-refractivity contribution in [1.29, 1.82) is 0 Å². The van der Waals surface area contributed by atoms with E-state index in [1.807, 2.05) is 0 Å². The second-order valence-electron chi connectivity index (χ2n) is 4.26. The number of hydrogen-bond acceptors (Lipinski definition) is 5. The summed E-state index contributed by atoms with van der Waals surface area (Å²) in [5, 5.41) is 9.58. The van der Waals surface area contributed by atoms with E-state index in [1.165, 1.54) is 0 Å². The van der Waals surface area contributed by atoms with E-state index in [1.54, 1.807) is 54.5 Å². The van der Waals surface area contributed by atoms with Crippen molar-refractivity contribution in [2.45, 2.75) is 18.0 Å². The molecular weight excluding hydrogens is 288 g/mol. The van der Waals surface area contributed by atoms with Crippen LogP contribution in [0.2, 0.25) is 0 Å². The molecule has 0 aliphatic rings. The number of benzene rings is 1. The number of rotatable bonds is 8. The van der Waals surface area contributed by atoms with E-state index in [0.717, 1.165) is 23.8 Å². The van der Waals surface area contributed by atoms with Gasteiger partial charge in [-0.05, 0) is 43.2 Å². The van der Waals surface area contributed by atoms with Gasteiger partial charge in [0.25, 0.3) is 0 Å². The molecule has 0 unspecified atom stereocenters. The van der Waals surface area contributed by atoms with Crippen LogP contribution >= 0.6 is 11.8 Å². The van der Waals surface area contributed by atoms with Gasteiger partial charge in [0.05, 0.1) is 12.2 Å². The van der Waals surface area contributed by atoms with Crippen molar-refractivity contribution < 1.29 is 14.6 Å². The van der Waals surface area contributed by atoms with E-state index in [9.17, 15) is 4.79 Å². The quantitative estimate of drug-likeness (QED) is 0.459. The maximum Gasteiger partial charge on any atom is 0.335 e. The predicted octanol–water partition coefficient (Wildman–Crippen LogP) is 3.13. The number of ether oxygens (including phenoxy) is 1. The van der Waals surface area contributed by atoms with Crippen LogP contribution in [0.5, 0.6) is 5.75 Å². The van der Waals surface area contributed by atoms with E-state index < -0.39 is 5.97 Å². The van der Waals surface area contributed by atoms with Crippen molar-refractivity contribution in [3.05, 3.63) is 48.3 Å². The van der Waals surface area contributed by atoms with Gasteiger partial charge in [-0.2, -0.15) is 0 Å². The van der Waals surface area contributed by atoms with Crippen molar-refractivity contribution in [1.82, 2.24) is 9.97 Å². The molecule has 1 heterocycles. The van der Waals surface area contributed by atoms with Gasteiger partial charge in [-0.3, -0.25) is 0 Å². The van der Waals surface area contributed by atoms with Crippen molar-refractivity contribution in [2.75, 3.05) is 12.4 Å². The Hall–Kier alpha value is -2.08. The Balaban J connectivity index is 1.60. The lowest BCUT2D eigenvalue weighted by molar-refractivity contribution is 0.0697. The third-order valence-corrected chi connectivity index (χ3v) is 3.64. The molecule has 0 aliphatic carbocycles.